The van der Waals surface area contributed by atoms with Gasteiger partial charge in [-0.05, 0) is 32.4 Å². The zero-order chi connectivity index (χ0) is 11.5. The minimum absolute atomic E-state index is 0.560. The van der Waals surface area contributed by atoms with Crippen LogP contribution >= 0.6 is 11.3 Å². The minimum atomic E-state index is 0.560. The van der Waals surface area contributed by atoms with E-state index in [1.165, 1.54) is 4.88 Å². The Morgan fingerprint density at radius 3 is 2.56 bits per heavy atom. The van der Waals surface area contributed by atoms with Crippen LogP contribution in [0.4, 0.5) is 0 Å². The van der Waals surface area contributed by atoms with E-state index >= 15 is 0 Å². The highest BCUT2D eigenvalue weighted by molar-refractivity contribution is 7.11. The van der Waals surface area contributed by atoms with Crippen molar-refractivity contribution >= 4 is 11.3 Å². The summed E-state index contributed by atoms with van der Waals surface area (Å²) in [5.41, 5.74) is 2.26. The van der Waals surface area contributed by atoms with Gasteiger partial charge in [-0.2, -0.15) is 0 Å². The van der Waals surface area contributed by atoms with Gasteiger partial charge >= 0.3 is 0 Å². The molecule has 2 nitrogen and oxygen atoms in total. The number of hydrogen-bond donors (Lipinski definition) is 0. The lowest BCUT2D eigenvalue weighted by Gasteiger charge is -2.06. The molecule has 84 valence electrons. The molecule has 0 fully saturated rings. The van der Waals surface area contributed by atoms with E-state index in [1.54, 1.807) is 11.3 Å². The number of hydrogen-bond acceptors (Lipinski definition) is 3. The van der Waals surface area contributed by atoms with Crippen molar-refractivity contribution in [3.63, 3.8) is 0 Å². The largest absolute Gasteiger partial charge is 0.486 e. The first-order chi connectivity index (χ1) is 7.66. The molecule has 1 heterocycles. The lowest BCUT2D eigenvalue weighted by Crippen LogP contribution is -1.96. The van der Waals surface area contributed by atoms with E-state index in [0.717, 1.165) is 22.0 Å². The Kier molecular flexibility index (Phi) is 3.25. The average molecular weight is 233 g/mol. The molecule has 16 heavy (non-hydrogen) atoms. The van der Waals surface area contributed by atoms with Gasteiger partial charge in [0.1, 0.15) is 17.4 Å². The summed E-state index contributed by atoms with van der Waals surface area (Å²) in [4.78, 5) is 5.72. The molecular weight excluding hydrogens is 218 g/mol. The molecular formula is C13H15NOS. The standard InChI is InChI=1S/C13H15NOS/c1-9-6-4-5-7-12(9)15-8-13-14-10(2)11(3)16-13/h4-7H,8H2,1-3H3. The van der Waals surface area contributed by atoms with Crippen LogP contribution in [0, 0.1) is 20.8 Å². The molecule has 1 aromatic heterocycles. The Labute approximate surface area is 99.9 Å². The van der Waals surface area contributed by atoms with E-state index in [-0.39, 0.29) is 0 Å². The number of rotatable bonds is 3. The summed E-state index contributed by atoms with van der Waals surface area (Å²) in [6.07, 6.45) is 0. The summed E-state index contributed by atoms with van der Waals surface area (Å²) >= 11 is 1.70. The second-order valence-electron chi connectivity index (χ2n) is 3.80. The van der Waals surface area contributed by atoms with Crippen LogP contribution in [0.1, 0.15) is 21.1 Å². The SMILES string of the molecule is Cc1ccccc1OCc1nc(C)c(C)s1. The smallest absolute Gasteiger partial charge is 0.140 e. The Morgan fingerprint density at radius 2 is 1.94 bits per heavy atom. The second kappa shape index (κ2) is 4.66. The number of nitrogens with zero attached hydrogens (tertiary/aromatic N) is 1. The van der Waals surface area contributed by atoms with E-state index in [4.69, 9.17) is 4.74 Å². The normalized spacial score (nSPS) is 10.4. The number of thiazole rings is 1. The van der Waals surface area contributed by atoms with Gasteiger partial charge in [0.05, 0.1) is 5.69 Å². The molecule has 0 saturated heterocycles. The lowest BCUT2D eigenvalue weighted by molar-refractivity contribution is 0.303. The van der Waals surface area contributed by atoms with Gasteiger partial charge in [-0.3, -0.25) is 0 Å². The molecule has 0 aliphatic heterocycles. The van der Waals surface area contributed by atoms with Crippen LogP contribution in [0.25, 0.3) is 0 Å². The molecule has 0 bridgehead atoms. The number of aromatic nitrogens is 1. The first-order valence-corrected chi connectivity index (χ1v) is 6.10. The highest BCUT2D eigenvalue weighted by atomic mass is 32.1. The van der Waals surface area contributed by atoms with E-state index in [9.17, 15) is 0 Å². The monoisotopic (exact) mass is 233 g/mol. The van der Waals surface area contributed by atoms with Gasteiger partial charge in [-0.15, -0.1) is 11.3 Å². The first-order valence-electron chi connectivity index (χ1n) is 5.28. The van der Waals surface area contributed by atoms with Crippen LogP contribution in [0.5, 0.6) is 5.75 Å². The third kappa shape index (κ3) is 2.42. The highest BCUT2D eigenvalue weighted by Gasteiger charge is 2.05. The zero-order valence-corrected chi connectivity index (χ0v) is 10.6. The summed E-state index contributed by atoms with van der Waals surface area (Å²) in [6, 6.07) is 8.04. The third-order valence-electron chi connectivity index (χ3n) is 2.52. The maximum absolute atomic E-state index is 5.74. The molecule has 0 atom stereocenters. The van der Waals surface area contributed by atoms with Crippen molar-refractivity contribution in [2.75, 3.05) is 0 Å². The molecule has 0 N–H and O–H groups in total. The van der Waals surface area contributed by atoms with Gasteiger partial charge < -0.3 is 4.74 Å². The van der Waals surface area contributed by atoms with Gasteiger partial charge in [0, 0.05) is 4.88 Å². The number of benzene rings is 1. The van der Waals surface area contributed by atoms with Gasteiger partial charge in [0.15, 0.2) is 0 Å². The predicted molar refractivity (Wildman–Crippen MR) is 67.1 cm³/mol. The summed E-state index contributed by atoms with van der Waals surface area (Å²) in [6.45, 7) is 6.73. The zero-order valence-electron chi connectivity index (χ0n) is 9.78. The molecule has 1 aromatic carbocycles. The number of aryl methyl sites for hydroxylation is 3. The van der Waals surface area contributed by atoms with Crippen LogP contribution in [0.15, 0.2) is 24.3 Å². The fourth-order valence-electron chi connectivity index (χ4n) is 1.46. The Bertz CT molecular complexity index is 471. The van der Waals surface area contributed by atoms with Crippen LogP contribution < -0.4 is 4.74 Å². The lowest BCUT2D eigenvalue weighted by atomic mass is 10.2. The fourth-order valence-corrected chi connectivity index (χ4v) is 2.31. The van der Waals surface area contributed by atoms with Crippen molar-refractivity contribution in [2.45, 2.75) is 27.4 Å². The van der Waals surface area contributed by atoms with E-state index in [1.807, 2.05) is 38.1 Å². The quantitative estimate of drug-likeness (QED) is 0.807. The summed E-state index contributed by atoms with van der Waals surface area (Å²) in [5, 5.41) is 1.04. The second-order valence-corrected chi connectivity index (χ2v) is 5.09. The molecule has 2 aromatic rings. The minimum Gasteiger partial charge on any atom is -0.486 e. The van der Waals surface area contributed by atoms with Gasteiger partial charge in [-0.25, -0.2) is 4.98 Å². The summed E-state index contributed by atoms with van der Waals surface area (Å²) < 4.78 is 5.74. The first kappa shape index (κ1) is 11.1. The van der Waals surface area contributed by atoms with Crippen molar-refractivity contribution in [1.82, 2.24) is 4.98 Å². The third-order valence-corrected chi connectivity index (χ3v) is 3.56. The Balaban J connectivity index is 2.05. The van der Waals surface area contributed by atoms with E-state index in [2.05, 4.69) is 11.9 Å². The molecule has 0 radical (unpaired) electrons. The van der Waals surface area contributed by atoms with Crippen molar-refractivity contribution in [2.24, 2.45) is 0 Å². The van der Waals surface area contributed by atoms with Gasteiger partial charge in [0.25, 0.3) is 0 Å². The Hall–Kier alpha value is -1.35. The summed E-state index contributed by atoms with van der Waals surface area (Å²) in [5.74, 6) is 0.938. The molecule has 0 unspecified atom stereocenters. The number of ether oxygens (including phenoxy) is 1. The van der Waals surface area contributed by atoms with E-state index < -0.39 is 0 Å². The van der Waals surface area contributed by atoms with Crippen LogP contribution in [-0.4, -0.2) is 4.98 Å². The molecule has 0 aliphatic carbocycles. The Morgan fingerprint density at radius 1 is 1.19 bits per heavy atom. The van der Waals surface area contributed by atoms with E-state index in [0.29, 0.717) is 6.61 Å². The van der Waals surface area contributed by atoms with Crippen molar-refractivity contribution < 1.29 is 4.74 Å². The van der Waals surface area contributed by atoms with Crippen molar-refractivity contribution in [1.29, 1.82) is 0 Å². The molecule has 3 heteroatoms. The highest BCUT2D eigenvalue weighted by Crippen LogP contribution is 2.21. The summed E-state index contributed by atoms with van der Waals surface area (Å²) in [7, 11) is 0. The predicted octanol–water partition coefficient (Wildman–Crippen LogP) is 3.65. The topological polar surface area (TPSA) is 22.1 Å². The van der Waals surface area contributed by atoms with Crippen LogP contribution in [0.2, 0.25) is 0 Å². The van der Waals surface area contributed by atoms with Crippen molar-refractivity contribution in [3.8, 4) is 5.75 Å². The average Bonchev–Trinajstić information content (AvgIpc) is 2.57. The van der Waals surface area contributed by atoms with Crippen LogP contribution in [-0.2, 0) is 6.61 Å². The van der Waals surface area contributed by atoms with Gasteiger partial charge in [-0.1, -0.05) is 18.2 Å². The molecule has 0 spiro atoms. The molecule has 0 amide bonds. The molecule has 0 aliphatic rings. The molecule has 2 rings (SSSR count). The molecule has 0 saturated carbocycles. The van der Waals surface area contributed by atoms with Gasteiger partial charge in [0.2, 0.25) is 0 Å². The maximum Gasteiger partial charge on any atom is 0.140 e. The van der Waals surface area contributed by atoms with Crippen molar-refractivity contribution in [3.05, 3.63) is 45.4 Å². The van der Waals surface area contributed by atoms with Crippen LogP contribution in [0.3, 0.4) is 0 Å². The fraction of sp³-hybridized carbons (Fsp3) is 0.308. The number of para-hydroxylation sites is 1. The maximum atomic E-state index is 5.74.